The van der Waals surface area contributed by atoms with Gasteiger partial charge in [-0.3, -0.25) is 4.79 Å². The molecule has 1 fully saturated rings. The molecule has 1 aromatic heterocycles. The van der Waals surface area contributed by atoms with Crippen LogP contribution in [0.25, 0.3) is 0 Å². The molecule has 1 amide bonds. The summed E-state index contributed by atoms with van der Waals surface area (Å²) in [4.78, 5) is 23.2. The van der Waals surface area contributed by atoms with Crippen molar-refractivity contribution in [3.63, 3.8) is 0 Å². The summed E-state index contributed by atoms with van der Waals surface area (Å²) in [7, 11) is 2.17. The van der Waals surface area contributed by atoms with Crippen LogP contribution < -0.4 is 10.2 Å². The predicted molar refractivity (Wildman–Crippen MR) is 115 cm³/mol. The fourth-order valence-electron chi connectivity index (χ4n) is 3.77. The van der Waals surface area contributed by atoms with E-state index in [0.29, 0.717) is 6.54 Å². The number of benzene rings is 1. The lowest BCUT2D eigenvalue weighted by atomic mass is 10.1. The van der Waals surface area contributed by atoms with Crippen LogP contribution in [0.2, 0.25) is 0 Å². The zero-order valence-corrected chi connectivity index (χ0v) is 17.5. The third kappa shape index (κ3) is 4.50. The summed E-state index contributed by atoms with van der Waals surface area (Å²) in [5.41, 5.74) is 3.57. The van der Waals surface area contributed by atoms with Crippen molar-refractivity contribution in [2.75, 3.05) is 38.1 Å². The smallest absolute Gasteiger partial charge is 0.234 e. The number of hydrogen-bond acceptors (Lipinski definition) is 5. The van der Waals surface area contributed by atoms with Crippen molar-refractivity contribution >= 4 is 23.5 Å². The largest absolute Gasteiger partial charge is 0.355 e. The van der Waals surface area contributed by atoms with Gasteiger partial charge in [-0.25, -0.2) is 4.98 Å². The molecule has 148 valence electrons. The van der Waals surface area contributed by atoms with Crippen LogP contribution in [0.5, 0.6) is 0 Å². The summed E-state index contributed by atoms with van der Waals surface area (Å²) in [6, 6.07) is 10.6. The molecule has 0 saturated carbocycles. The van der Waals surface area contributed by atoms with Crippen molar-refractivity contribution < 1.29 is 4.79 Å². The van der Waals surface area contributed by atoms with Gasteiger partial charge in [0.1, 0.15) is 5.82 Å². The Labute approximate surface area is 171 Å². The Kier molecular flexibility index (Phi) is 5.87. The van der Waals surface area contributed by atoms with E-state index in [1.54, 1.807) is 11.8 Å². The Hall–Kier alpha value is -2.05. The highest BCUT2D eigenvalue weighted by atomic mass is 32.2. The number of anilines is 1. The van der Waals surface area contributed by atoms with E-state index in [1.165, 1.54) is 16.0 Å². The Morgan fingerprint density at radius 3 is 2.93 bits per heavy atom. The Balaban J connectivity index is 1.30. The van der Waals surface area contributed by atoms with E-state index in [-0.39, 0.29) is 11.2 Å². The fourth-order valence-corrected chi connectivity index (χ4v) is 5.08. The van der Waals surface area contributed by atoms with Crippen LogP contribution >= 0.6 is 11.8 Å². The highest BCUT2D eigenvalue weighted by molar-refractivity contribution is 8.01. The number of hydrogen-bond donors (Lipinski definition) is 1. The lowest BCUT2D eigenvalue weighted by Gasteiger charge is -2.21. The summed E-state index contributed by atoms with van der Waals surface area (Å²) < 4.78 is 0. The van der Waals surface area contributed by atoms with Gasteiger partial charge in [-0.2, -0.15) is 0 Å². The van der Waals surface area contributed by atoms with Gasteiger partial charge in [0.15, 0.2) is 0 Å². The van der Waals surface area contributed by atoms with Crippen LogP contribution in [0.4, 0.5) is 5.82 Å². The van der Waals surface area contributed by atoms with Crippen molar-refractivity contribution in [3.05, 3.63) is 53.2 Å². The molecule has 1 saturated heterocycles. The molecular weight excluding hydrogens is 368 g/mol. The molecule has 0 unspecified atom stereocenters. The van der Waals surface area contributed by atoms with Crippen LogP contribution in [0.15, 0.2) is 41.4 Å². The Morgan fingerprint density at radius 1 is 1.21 bits per heavy atom. The monoisotopic (exact) mass is 396 g/mol. The van der Waals surface area contributed by atoms with Crippen molar-refractivity contribution in [1.29, 1.82) is 0 Å². The van der Waals surface area contributed by atoms with Crippen LogP contribution in [0, 0.1) is 6.92 Å². The van der Waals surface area contributed by atoms with Gasteiger partial charge in [0.2, 0.25) is 5.91 Å². The van der Waals surface area contributed by atoms with Gasteiger partial charge >= 0.3 is 0 Å². The van der Waals surface area contributed by atoms with E-state index >= 15 is 0 Å². The summed E-state index contributed by atoms with van der Waals surface area (Å²) >= 11 is 1.68. The third-order valence-electron chi connectivity index (χ3n) is 5.51. The molecule has 2 aromatic rings. The van der Waals surface area contributed by atoms with E-state index in [2.05, 4.69) is 64.4 Å². The highest BCUT2D eigenvalue weighted by Gasteiger charge is 2.28. The van der Waals surface area contributed by atoms with Crippen molar-refractivity contribution in [2.45, 2.75) is 36.5 Å². The first-order valence-corrected chi connectivity index (χ1v) is 10.9. The van der Waals surface area contributed by atoms with Crippen LogP contribution in [-0.4, -0.2) is 54.3 Å². The maximum absolute atomic E-state index is 12.6. The number of aryl methyl sites for hydroxylation is 1. The second-order valence-corrected chi connectivity index (χ2v) is 9.05. The van der Waals surface area contributed by atoms with Gasteiger partial charge in [-0.1, -0.05) is 23.8 Å². The molecule has 0 spiro atoms. The summed E-state index contributed by atoms with van der Waals surface area (Å²) in [5.74, 6) is 1.14. The zero-order valence-electron chi connectivity index (χ0n) is 16.6. The number of pyridine rings is 1. The van der Waals surface area contributed by atoms with Gasteiger partial charge in [0, 0.05) is 37.3 Å². The standard InChI is InChI=1S/C22H28N4OS/c1-16-4-6-18-13-20(28-19(18)12-16)22(27)24-15-17-5-7-21(23-14-17)26-9-3-8-25(2)10-11-26/h4-7,12,14,20H,3,8-11,13,15H2,1-2H3,(H,24,27)/t20-/m0/s1. The van der Waals surface area contributed by atoms with Crippen molar-refractivity contribution in [1.82, 2.24) is 15.2 Å². The summed E-state index contributed by atoms with van der Waals surface area (Å²) in [6.45, 7) is 6.89. The fraction of sp³-hybridized carbons (Fsp3) is 0.455. The molecule has 1 atom stereocenters. The summed E-state index contributed by atoms with van der Waals surface area (Å²) in [5, 5.41) is 3.06. The predicted octanol–water partition coefficient (Wildman–Crippen LogP) is 2.87. The Morgan fingerprint density at radius 2 is 2.11 bits per heavy atom. The van der Waals surface area contributed by atoms with Crippen LogP contribution in [0.3, 0.4) is 0 Å². The molecule has 4 rings (SSSR count). The van der Waals surface area contributed by atoms with E-state index in [9.17, 15) is 4.79 Å². The van der Waals surface area contributed by atoms with Gasteiger partial charge in [0.25, 0.3) is 0 Å². The maximum Gasteiger partial charge on any atom is 0.234 e. The number of aromatic nitrogens is 1. The van der Waals surface area contributed by atoms with Gasteiger partial charge in [-0.05, 0) is 56.6 Å². The lowest BCUT2D eigenvalue weighted by Crippen LogP contribution is -2.32. The molecule has 0 bridgehead atoms. The molecule has 0 aliphatic carbocycles. The number of nitrogens with zero attached hydrogens (tertiary/aromatic N) is 3. The minimum Gasteiger partial charge on any atom is -0.355 e. The normalized spacial score (nSPS) is 19.9. The topological polar surface area (TPSA) is 48.5 Å². The number of thioether (sulfide) groups is 1. The van der Waals surface area contributed by atoms with E-state index < -0.39 is 0 Å². The van der Waals surface area contributed by atoms with Gasteiger partial charge in [0.05, 0.1) is 5.25 Å². The minimum atomic E-state index is -0.0295. The average Bonchev–Trinajstić information content (AvgIpc) is 3.00. The lowest BCUT2D eigenvalue weighted by molar-refractivity contribution is -0.120. The first kappa shape index (κ1) is 19.3. The number of likely N-dealkylation sites (N-methyl/N-ethyl adjacent to an activating group) is 1. The molecule has 2 aliphatic rings. The Bertz CT molecular complexity index is 839. The first-order chi connectivity index (χ1) is 13.6. The third-order valence-corrected chi connectivity index (χ3v) is 6.81. The summed E-state index contributed by atoms with van der Waals surface area (Å²) in [6.07, 6.45) is 3.87. The van der Waals surface area contributed by atoms with Gasteiger partial charge < -0.3 is 15.1 Å². The number of nitrogens with one attached hydrogen (secondary N) is 1. The molecule has 1 N–H and O–H groups in total. The number of carbonyl (C=O) groups is 1. The second-order valence-electron chi connectivity index (χ2n) is 7.81. The molecule has 6 heteroatoms. The first-order valence-electron chi connectivity index (χ1n) is 10.0. The number of rotatable bonds is 4. The van der Waals surface area contributed by atoms with Crippen LogP contribution in [0.1, 0.15) is 23.1 Å². The number of fused-ring (bicyclic) bond motifs is 1. The molecule has 28 heavy (non-hydrogen) atoms. The minimum absolute atomic E-state index is 0.0295. The SMILES string of the molecule is Cc1ccc2c(c1)S[C@H](C(=O)NCc1ccc(N3CCCN(C)CC3)nc1)C2. The number of carbonyl (C=O) groups excluding carboxylic acids is 1. The molecule has 3 heterocycles. The van der Waals surface area contributed by atoms with E-state index in [0.717, 1.165) is 50.4 Å². The van der Waals surface area contributed by atoms with Gasteiger partial charge in [-0.15, -0.1) is 11.8 Å². The van der Waals surface area contributed by atoms with Crippen LogP contribution in [-0.2, 0) is 17.8 Å². The zero-order chi connectivity index (χ0) is 19.5. The van der Waals surface area contributed by atoms with Crippen molar-refractivity contribution in [2.24, 2.45) is 0 Å². The molecule has 5 nitrogen and oxygen atoms in total. The molecule has 2 aliphatic heterocycles. The van der Waals surface area contributed by atoms with E-state index in [4.69, 9.17) is 0 Å². The second kappa shape index (κ2) is 8.53. The quantitative estimate of drug-likeness (QED) is 0.861. The molecular formula is C22H28N4OS. The molecule has 0 radical (unpaired) electrons. The number of amides is 1. The highest BCUT2D eigenvalue weighted by Crippen LogP contribution is 2.37. The maximum atomic E-state index is 12.6. The van der Waals surface area contributed by atoms with E-state index in [1.807, 2.05) is 6.20 Å². The average molecular weight is 397 g/mol. The molecule has 1 aromatic carbocycles. The van der Waals surface area contributed by atoms with Crippen molar-refractivity contribution in [3.8, 4) is 0 Å².